The minimum atomic E-state index is -3.50. The molecule has 9 heteroatoms. The fourth-order valence-electron chi connectivity index (χ4n) is 2.82. The highest BCUT2D eigenvalue weighted by Gasteiger charge is 2.29. The Morgan fingerprint density at radius 3 is 2.32 bits per heavy atom. The summed E-state index contributed by atoms with van der Waals surface area (Å²) in [4.78, 5) is 6.76. The largest absolute Gasteiger partial charge is 0.354 e. The Kier molecular flexibility index (Phi) is 10.2. The Bertz CT molecular complexity index is 746. The average molecular weight is 523 g/mol. The maximum absolute atomic E-state index is 13.1. The summed E-state index contributed by atoms with van der Waals surface area (Å²) in [7, 11) is 0.229. The highest BCUT2D eigenvalue weighted by Crippen LogP contribution is 2.21. The Morgan fingerprint density at radius 2 is 1.75 bits per heavy atom. The highest BCUT2D eigenvalue weighted by molar-refractivity contribution is 14.0. The van der Waals surface area contributed by atoms with E-state index in [-0.39, 0.29) is 30.0 Å². The van der Waals surface area contributed by atoms with Gasteiger partial charge < -0.3 is 15.5 Å². The molecule has 1 aromatic rings. The molecule has 28 heavy (non-hydrogen) atoms. The molecule has 1 heterocycles. The van der Waals surface area contributed by atoms with Crippen molar-refractivity contribution in [2.45, 2.75) is 38.3 Å². The first-order valence-corrected chi connectivity index (χ1v) is 10.9. The van der Waals surface area contributed by atoms with Crippen molar-refractivity contribution >= 4 is 40.0 Å². The molecule has 0 amide bonds. The van der Waals surface area contributed by atoms with Gasteiger partial charge in [-0.15, -0.1) is 24.0 Å². The van der Waals surface area contributed by atoms with E-state index in [0.717, 1.165) is 18.7 Å². The van der Waals surface area contributed by atoms with Gasteiger partial charge in [-0.1, -0.05) is 32.0 Å². The number of aliphatic imine (C=N–C) groups is 1. The number of halogens is 1. The zero-order chi connectivity index (χ0) is 20.0. The van der Waals surface area contributed by atoms with Gasteiger partial charge in [-0.3, -0.25) is 4.99 Å². The Balaban J connectivity index is 0.00000392. The number of nitrogens with zero attached hydrogens (tertiary/aromatic N) is 3. The molecule has 7 nitrogen and oxygen atoms in total. The normalized spacial score (nSPS) is 17.9. The maximum atomic E-state index is 13.1. The molecule has 0 aromatic heterocycles. The third kappa shape index (κ3) is 6.57. The second-order valence-corrected chi connectivity index (χ2v) is 9.32. The van der Waals surface area contributed by atoms with Crippen molar-refractivity contribution in [2.75, 3.05) is 40.3 Å². The highest BCUT2D eigenvalue weighted by atomic mass is 127. The summed E-state index contributed by atoms with van der Waals surface area (Å²) < 4.78 is 27.8. The van der Waals surface area contributed by atoms with Crippen LogP contribution < -0.4 is 10.6 Å². The molecule has 2 rings (SSSR count). The molecule has 0 radical (unpaired) electrons. The minimum absolute atomic E-state index is 0. The zero-order valence-electron chi connectivity index (χ0n) is 17.5. The van der Waals surface area contributed by atoms with Crippen molar-refractivity contribution in [1.82, 2.24) is 19.8 Å². The van der Waals surface area contributed by atoms with Gasteiger partial charge in [0.05, 0.1) is 4.90 Å². The number of hydrogen-bond donors (Lipinski definition) is 2. The molecule has 0 saturated carbocycles. The average Bonchev–Trinajstić information content (AvgIpc) is 2.65. The van der Waals surface area contributed by atoms with Crippen LogP contribution in [0.1, 0.15) is 26.3 Å². The van der Waals surface area contributed by atoms with Crippen molar-refractivity contribution in [1.29, 1.82) is 0 Å². The van der Waals surface area contributed by atoms with Crippen LogP contribution in [0, 0.1) is 5.92 Å². The van der Waals surface area contributed by atoms with Crippen molar-refractivity contribution in [3.05, 3.63) is 29.8 Å². The number of likely N-dealkylation sites (N-methyl/N-ethyl adjacent to an activating group) is 1. The molecule has 2 N–H and O–H groups in total. The van der Waals surface area contributed by atoms with Crippen LogP contribution in [0.25, 0.3) is 0 Å². The first kappa shape index (κ1) is 25.1. The molecular formula is C19H34IN5O2S. The fourth-order valence-corrected chi connectivity index (χ4v) is 4.47. The predicted molar refractivity (Wildman–Crippen MR) is 126 cm³/mol. The molecule has 160 valence electrons. The van der Waals surface area contributed by atoms with Crippen molar-refractivity contribution in [3.8, 4) is 0 Å². The van der Waals surface area contributed by atoms with Gasteiger partial charge in [0.1, 0.15) is 0 Å². The molecule has 1 fully saturated rings. The molecule has 0 spiro atoms. The molecular weight excluding hydrogens is 489 g/mol. The van der Waals surface area contributed by atoms with E-state index in [1.807, 2.05) is 19.2 Å². The summed E-state index contributed by atoms with van der Waals surface area (Å²) >= 11 is 0. The van der Waals surface area contributed by atoms with E-state index in [4.69, 9.17) is 0 Å². The van der Waals surface area contributed by atoms with Crippen LogP contribution in [0.2, 0.25) is 0 Å². The van der Waals surface area contributed by atoms with E-state index in [9.17, 15) is 8.42 Å². The van der Waals surface area contributed by atoms with E-state index in [1.165, 1.54) is 0 Å². The second kappa shape index (κ2) is 11.3. The first-order valence-electron chi connectivity index (χ1n) is 9.49. The van der Waals surface area contributed by atoms with Crippen LogP contribution in [-0.4, -0.2) is 69.9 Å². The van der Waals surface area contributed by atoms with E-state index in [1.54, 1.807) is 23.5 Å². The van der Waals surface area contributed by atoms with Gasteiger partial charge in [-0.25, -0.2) is 8.42 Å². The lowest BCUT2D eigenvalue weighted by Gasteiger charge is -2.32. The van der Waals surface area contributed by atoms with E-state index in [2.05, 4.69) is 41.3 Å². The fraction of sp³-hybridized carbons (Fsp3) is 0.632. The molecule has 1 aromatic carbocycles. The molecule has 0 bridgehead atoms. The molecule has 1 aliphatic heterocycles. The van der Waals surface area contributed by atoms with Gasteiger partial charge in [0.25, 0.3) is 0 Å². The number of nitrogens with one attached hydrogen (secondary N) is 2. The van der Waals surface area contributed by atoms with Crippen LogP contribution in [0.5, 0.6) is 0 Å². The first-order chi connectivity index (χ1) is 12.8. The minimum Gasteiger partial charge on any atom is -0.354 e. The lowest BCUT2D eigenvalue weighted by molar-refractivity contribution is 0.222. The van der Waals surface area contributed by atoms with E-state index >= 15 is 0 Å². The van der Waals surface area contributed by atoms with Crippen molar-refractivity contribution in [3.63, 3.8) is 0 Å². The van der Waals surface area contributed by atoms with Crippen molar-refractivity contribution < 1.29 is 8.42 Å². The molecule has 1 aliphatic rings. The Hall–Kier alpha value is -0.910. The summed E-state index contributed by atoms with van der Waals surface area (Å²) in [6, 6.07) is 7.46. The van der Waals surface area contributed by atoms with E-state index in [0.29, 0.717) is 36.4 Å². The van der Waals surface area contributed by atoms with Gasteiger partial charge in [-0.05, 0) is 31.5 Å². The number of guanidine groups is 1. The van der Waals surface area contributed by atoms with Crippen LogP contribution in [0.3, 0.4) is 0 Å². The zero-order valence-corrected chi connectivity index (χ0v) is 20.6. The topological polar surface area (TPSA) is 77.0 Å². The SMILES string of the molecule is CN=C(NCc1ccccc1S(=O)(=O)N1CCN(C)CC1)NC(C)C(C)C.I. The number of sulfonamides is 1. The number of hydrogen-bond acceptors (Lipinski definition) is 4. The number of rotatable bonds is 6. The Morgan fingerprint density at radius 1 is 1.14 bits per heavy atom. The lowest BCUT2D eigenvalue weighted by Crippen LogP contribution is -2.47. The standard InChI is InChI=1S/C19H33N5O2S.HI/c1-15(2)16(3)22-19(20-4)21-14-17-8-6-7-9-18(17)27(25,26)24-12-10-23(5)11-13-24;/h6-9,15-16H,10-14H2,1-5H3,(H2,20,21,22);1H. The molecule has 0 aliphatic carbocycles. The third-order valence-corrected chi connectivity index (χ3v) is 7.09. The quantitative estimate of drug-likeness (QED) is 0.339. The van der Waals surface area contributed by atoms with Gasteiger partial charge in [0, 0.05) is 45.8 Å². The summed E-state index contributed by atoms with van der Waals surface area (Å²) in [5.41, 5.74) is 0.747. The Labute approximate surface area is 187 Å². The summed E-state index contributed by atoms with van der Waals surface area (Å²) in [6.45, 7) is 9.33. The van der Waals surface area contributed by atoms with E-state index < -0.39 is 10.0 Å². The van der Waals surface area contributed by atoms with Crippen molar-refractivity contribution in [2.24, 2.45) is 10.9 Å². The maximum Gasteiger partial charge on any atom is 0.243 e. The van der Waals surface area contributed by atoms with Gasteiger partial charge in [-0.2, -0.15) is 4.31 Å². The lowest BCUT2D eigenvalue weighted by atomic mass is 10.1. The number of piperazine rings is 1. The summed E-state index contributed by atoms with van der Waals surface area (Å²) in [5, 5.41) is 6.58. The molecule has 1 saturated heterocycles. The second-order valence-electron chi connectivity index (χ2n) is 7.42. The summed E-state index contributed by atoms with van der Waals surface area (Å²) in [6.07, 6.45) is 0. The smallest absolute Gasteiger partial charge is 0.243 e. The van der Waals surface area contributed by atoms with Crippen LogP contribution in [0.15, 0.2) is 34.2 Å². The monoisotopic (exact) mass is 523 g/mol. The van der Waals surface area contributed by atoms with Crippen LogP contribution >= 0.6 is 24.0 Å². The van der Waals surface area contributed by atoms with Gasteiger partial charge >= 0.3 is 0 Å². The van der Waals surface area contributed by atoms with Crippen LogP contribution in [-0.2, 0) is 16.6 Å². The summed E-state index contributed by atoms with van der Waals surface area (Å²) in [5.74, 6) is 1.14. The van der Waals surface area contributed by atoms with Gasteiger partial charge in [0.15, 0.2) is 5.96 Å². The third-order valence-electron chi connectivity index (χ3n) is 5.09. The predicted octanol–water partition coefficient (Wildman–Crippen LogP) is 1.95. The molecule has 1 atom stereocenters. The van der Waals surface area contributed by atoms with Gasteiger partial charge in [0.2, 0.25) is 10.0 Å². The van der Waals surface area contributed by atoms with Crippen LogP contribution in [0.4, 0.5) is 0 Å². The molecule has 1 unspecified atom stereocenters. The number of benzene rings is 1.